The number of aromatic nitrogens is 3. The Labute approximate surface area is 132 Å². The fourth-order valence-corrected chi connectivity index (χ4v) is 3.18. The molecule has 1 aromatic carbocycles. The van der Waals surface area contributed by atoms with E-state index in [0.717, 1.165) is 35.9 Å². The Hall–Kier alpha value is -2.20. The van der Waals surface area contributed by atoms with E-state index in [0.29, 0.717) is 22.3 Å². The van der Waals surface area contributed by atoms with E-state index in [-0.39, 0.29) is 0 Å². The summed E-state index contributed by atoms with van der Waals surface area (Å²) in [6.07, 6.45) is 4.21. The Bertz CT molecular complexity index is 853. The summed E-state index contributed by atoms with van der Waals surface area (Å²) in [5, 5.41) is 6.20. The van der Waals surface area contributed by atoms with Crippen molar-refractivity contribution in [3.05, 3.63) is 52.8 Å². The van der Waals surface area contributed by atoms with Crippen molar-refractivity contribution < 1.29 is 4.79 Å². The first-order valence-corrected chi connectivity index (χ1v) is 7.75. The number of para-hydroxylation sites is 1. The highest BCUT2D eigenvalue weighted by molar-refractivity contribution is 6.35. The van der Waals surface area contributed by atoms with Gasteiger partial charge >= 0.3 is 0 Å². The van der Waals surface area contributed by atoms with Gasteiger partial charge < -0.3 is 0 Å². The molecule has 1 saturated carbocycles. The number of rotatable bonds is 3. The van der Waals surface area contributed by atoms with Gasteiger partial charge in [0.1, 0.15) is 5.69 Å². The molecular formula is C17H14ClN3O. The first kappa shape index (κ1) is 13.5. The van der Waals surface area contributed by atoms with Crippen LogP contribution in [0.15, 0.2) is 36.4 Å². The normalized spacial score (nSPS) is 15.0. The summed E-state index contributed by atoms with van der Waals surface area (Å²) in [7, 11) is 0. The zero-order valence-corrected chi connectivity index (χ0v) is 12.6. The van der Waals surface area contributed by atoms with Crippen LogP contribution in [0.2, 0.25) is 5.02 Å². The van der Waals surface area contributed by atoms with Gasteiger partial charge in [0.25, 0.3) is 0 Å². The Morgan fingerprint density at radius 2 is 2.00 bits per heavy atom. The average molecular weight is 312 g/mol. The fraction of sp³-hybridized carbons (Fsp3) is 0.235. The zero-order valence-electron chi connectivity index (χ0n) is 11.9. The number of benzene rings is 1. The van der Waals surface area contributed by atoms with E-state index in [9.17, 15) is 4.79 Å². The Morgan fingerprint density at radius 1 is 1.23 bits per heavy atom. The quantitative estimate of drug-likeness (QED) is 0.683. The minimum absolute atomic E-state index is 0.328. The summed E-state index contributed by atoms with van der Waals surface area (Å²) in [5.41, 5.74) is 2.90. The number of aldehydes is 1. The number of carbonyl (C=O) groups is 1. The topological polar surface area (TPSA) is 47.8 Å². The maximum Gasteiger partial charge on any atom is 0.168 e. The number of fused-ring (bicyclic) bond motifs is 1. The summed E-state index contributed by atoms with van der Waals surface area (Å²) < 4.78 is 1.79. The van der Waals surface area contributed by atoms with Gasteiger partial charge in [-0.1, -0.05) is 36.2 Å². The standard InChI is InChI=1S/C17H14ClN3O/c18-14-9-12(10-22)19-17-15(14)16(11-5-4-6-11)20-21(17)13-7-2-1-3-8-13/h1-3,7-11H,4-6H2. The maximum atomic E-state index is 11.1. The molecule has 5 heteroatoms. The monoisotopic (exact) mass is 311 g/mol. The van der Waals surface area contributed by atoms with Crippen molar-refractivity contribution in [2.45, 2.75) is 25.2 Å². The third kappa shape index (κ3) is 2.03. The van der Waals surface area contributed by atoms with Crippen LogP contribution < -0.4 is 0 Å². The van der Waals surface area contributed by atoms with Crippen molar-refractivity contribution in [3.63, 3.8) is 0 Å². The number of carbonyl (C=O) groups excluding carboxylic acids is 1. The van der Waals surface area contributed by atoms with Crippen LogP contribution in [0.25, 0.3) is 16.7 Å². The molecule has 0 radical (unpaired) electrons. The molecule has 4 rings (SSSR count). The Morgan fingerprint density at radius 3 is 2.64 bits per heavy atom. The second-order valence-electron chi connectivity index (χ2n) is 5.61. The summed E-state index contributed by atoms with van der Waals surface area (Å²) in [6.45, 7) is 0. The van der Waals surface area contributed by atoms with Gasteiger partial charge in [-0.05, 0) is 31.0 Å². The molecule has 2 heterocycles. The largest absolute Gasteiger partial charge is 0.296 e. The Kier molecular flexibility index (Phi) is 3.19. The lowest BCUT2D eigenvalue weighted by Crippen LogP contribution is -2.10. The van der Waals surface area contributed by atoms with E-state index in [1.807, 2.05) is 30.3 Å². The van der Waals surface area contributed by atoms with Crippen molar-refractivity contribution in [2.24, 2.45) is 0 Å². The fourth-order valence-electron chi connectivity index (χ4n) is 2.89. The lowest BCUT2D eigenvalue weighted by molar-refractivity contribution is 0.111. The van der Waals surface area contributed by atoms with Crippen molar-refractivity contribution in [3.8, 4) is 5.69 Å². The number of nitrogens with zero attached hydrogens (tertiary/aromatic N) is 3. The van der Waals surface area contributed by atoms with Crippen LogP contribution in [0.1, 0.15) is 41.4 Å². The molecule has 0 saturated heterocycles. The van der Waals surface area contributed by atoms with Gasteiger partial charge in [-0.2, -0.15) is 5.10 Å². The highest BCUT2D eigenvalue weighted by Crippen LogP contribution is 2.41. The van der Waals surface area contributed by atoms with Crippen LogP contribution in [-0.2, 0) is 0 Å². The molecule has 4 nitrogen and oxygen atoms in total. The second kappa shape index (κ2) is 5.21. The highest BCUT2D eigenvalue weighted by atomic mass is 35.5. The molecule has 0 unspecified atom stereocenters. The molecule has 1 aliphatic rings. The number of halogens is 1. The lowest BCUT2D eigenvalue weighted by Gasteiger charge is -2.23. The average Bonchev–Trinajstić information content (AvgIpc) is 2.86. The van der Waals surface area contributed by atoms with E-state index in [1.165, 1.54) is 6.42 Å². The molecule has 0 N–H and O–H groups in total. The zero-order chi connectivity index (χ0) is 15.1. The molecule has 0 atom stereocenters. The van der Waals surface area contributed by atoms with Gasteiger partial charge in [-0.25, -0.2) is 9.67 Å². The molecule has 1 fully saturated rings. The van der Waals surface area contributed by atoms with E-state index >= 15 is 0 Å². The van der Waals surface area contributed by atoms with Crippen molar-refractivity contribution in [2.75, 3.05) is 0 Å². The second-order valence-corrected chi connectivity index (χ2v) is 6.01. The first-order valence-electron chi connectivity index (χ1n) is 7.37. The highest BCUT2D eigenvalue weighted by Gasteiger charge is 2.27. The molecule has 0 amide bonds. The molecule has 110 valence electrons. The van der Waals surface area contributed by atoms with Crippen LogP contribution in [0.3, 0.4) is 0 Å². The summed E-state index contributed by atoms with van der Waals surface area (Å²) in [5.74, 6) is 0.439. The van der Waals surface area contributed by atoms with Gasteiger partial charge in [0.15, 0.2) is 11.9 Å². The van der Waals surface area contributed by atoms with Gasteiger partial charge in [0.05, 0.1) is 21.8 Å². The van der Waals surface area contributed by atoms with Crippen molar-refractivity contribution in [1.29, 1.82) is 0 Å². The minimum atomic E-state index is 0.328. The van der Waals surface area contributed by atoms with E-state index in [4.69, 9.17) is 16.7 Å². The van der Waals surface area contributed by atoms with Crippen LogP contribution in [-0.4, -0.2) is 21.1 Å². The smallest absolute Gasteiger partial charge is 0.168 e. The van der Waals surface area contributed by atoms with E-state index in [2.05, 4.69) is 4.98 Å². The third-order valence-electron chi connectivity index (χ3n) is 4.25. The third-order valence-corrected chi connectivity index (χ3v) is 4.55. The predicted octanol–water partition coefficient (Wildman–Crippen LogP) is 4.15. The summed E-state index contributed by atoms with van der Waals surface area (Å²) in [6, 6.07) is 11.4. The molecule has 0 aliphatic heterocycles. The van der Waals surface area contributed by atoms with Crippen LogP contribution in [0.5, 0.6) is 0 Å². The molecule has 3 aromatic rings. The molecule has 0 spiro atoms. The van der Waals surface area contributed by atoms with E-state index < -0.39 is 0 Å². The number of hydrogen-bond donors (Lipinski definition) is 0. The minimum Gasteiger partial charge on any atom is -0.296 e. The van der Waals surface area contributed by atoms with Crippen LogP contribution in [0, 0.1) is 0 Å². The Balaban J connectivity index is 2.03. The van der Waals surface area contributed by atoms with Gasteiger partial charge in [0.2, 0.25) is 0 Å². The molecule has 2 aromatic heterocycles. The summed E-state index contributed by atoms with van der Waals surface area (Å²) in [4.78, 5) is 15.5. The lowest BCUT2D eigenvalue weighted by atomic mass is 9.82. The molecular weight excluding hydrogens is 298 g/mol. The van der Waals surface area contributed by atoms with Gasteiger partial charge in [-0.3, -0.25) is 4.79 Å². The number of pyridine rings is 1. The predicted molar refractivity (Wildman–Crippen MR) is 85.9 cm³/mol. The molecule has 0 bridgehead atoms. The SMILES string of the molecule is O=Cc1cc(Cl)c2c(C3CCC3)nn(-c3ccccc3)c2n1. The van der Waals surface area contributed by atoms with E-state index in [1.54, 1.807) is 10.7 Å². The van der Waals surface area contributed by atoms with Gasteiger partial charge in [-0.15, -0.1) is 0 Å². The molecule has 22 heavy (non-hydrogen) atoms. The number of hydrogen-bond acceptors (Lipinski definition) is 3. The van der Waals surface area contributed by atoms with Crippen molar-refractivity contribution >= 4 is 28.9 Å². The van der Waals surface area contributed by atoms with Gasteiger partial charge in [0, 0.05) is 5.92 Å². The van der Waals surface area contributed by atoms with Crippen LogP contribution >= 0.6 is 11.6 Å². The summed E-state index contributed by atoms with van der Waals surface area (Å²) >= 11 is 6.42. The first-order chi connectivity index (χ1) is 10.8. The molecule has 1 aliphatic carbocycles. The maximum absolute atomic E-state index is 11.1. The van der Waals surface area contributed by atoms with Crippen LogP contribution in [0.4, 0.5) is 0 Å². The van der Waals surface area contributed by atoms with Crippen molar-refractivity contribution in [1.82, 2.24) is 14.8 Å².